The van der Waals surface area contributed by atoms with Crippen LogP contribution in [0.5, 0.6) is 0 Å². The SMILES string of the molecule is COC(=O)c1ccc(NC(=O)CNCc2ccco2)cc1. The fraction of sp³-hybridized carbons (Fsp3) is 0.200. The Kier molecular flexibility index (Phi) is 5.11. The van der Waals surface area contributed by atoms with E-state index in [4.69, 9.17) is 4.42 Å². The molecule has 110 valence electrons. The van der Waals surface area contributed by atoms with Crippen LogP contribution in [0.25, 0.3) is 0 Å². The molecule has 0 saturated carbocycles. The summed E-state index contributed by atoms with van der Waals surface area (Å²) in [6, 6.07) is 10.1. The van der Waals surface area contributed by atoms with Crippen molar-refractivity contribution in [1.29, 1.82) is 0 Å². The molecule has 0 radical (unpaired) electrons. The van der Waals surface area contributed by atoms with Crippen molar-refractivity contribution in [3.05, 3.63) is 54.0 Å². The highest BCUT2D eigenvalue weighted by Crippen LogP contribution is 2.10. The highest BCUT2D eigenvalue weighted by molar-refractivity contribution is 5.93. The molecule has 0 atom stereocenters. The first-order chi connectivity index (χ1) is 10.2. The molecule has 0 unspecified atom stereocenters. The first-order valence-corrected chi connectivity index (χ1v) is 6.40. The molecule has 1 aromatic heterocycles. The van der Waals surface area contributed by atoms with E-state index in [0.29, 0.717) is 17.8 Å². The molecule has 2 aromatic rings. The van der Waals surface area contributed by atoms with Crippen LogP contribution in [0.15, 0.2) is 47.1 Å². The molecular formula is C15H16N2O4. The minimum atomic E-state index is -0.409. The number of hydrogen-bond donors (Lipinski definition) is 2. The van der Waals surface area contributed by atoms with Gasteiger partial charge in [-0.3, -0.25) is 4.79 Å². The van der Waals surface area contributed by atoms with Gasteiger partial charge in [-0.25, -0.2) is 4.79 Å². The lowest BCUT2D eigenvalue weighted by atomic mass is 10.2. The van der Waals surface area contributed by atoms with Crippen molar-refractivity contribution < 1.29 is 18.7 Å². The Labute approximate surface area is 122 Å². The Bertz CT molecular complexity index is 591. The van der Waals surface area contributed by atoms with Crippen molar-refractivity contribution in [3.8, 4) is 0 Å². The summed E-state index contributed by atoms with van der Waals surface area (Å²) in [6.07, 6.45) is 1.58. The average Bonchev–Trinajstić information content (AvgIpc) is 3.00. The van der Waals surface area contributed by atoms with Gasteiger partial charge in [-0.2, -0.15) is 0 Å². The fourth-order valence-electron chi connectivity index (χ4n) is 1.73. The number of hydrogen-bond acceptors (Lipinski definition) is 5. The molecule has 1 heterocycles. The highest BCUT2D eigenvalue weighted by Gasteiger charge is 2.06. The van der Waals surface area contributed by atoms with Crippen molar-refractivity contribution in [2.75, 3.05) is 19.0 Å². The maximum atomic E-state index is 11.7. The van der Waals surface area contributed by atoms with Gasteiger partial charge >= 0.3 is 5.97 Å². The first-order valence-electron chi connectivity index (χ1n) is 6.40. The molecule has 2 rings (SSSR count). The largest absolute Gasteiger partial charge is 0.468 e. The van der Waals surface area contributed by atoms with Crippen LogP contribution >= 0.6 is 0 Å². The quantitative estimate of drug-likeness (QED) is 0.792. The van der Waals surface area contributed by atoms with Gasteiger partial charge in [-0.15, -0.1) is 0 Å². The molecule has 0 aliphatic heterocycles. The molecule has 1 aromatic carbocycles. The average molecular weight is 288 g/mol. The number of amides is 1. The Balaban J connectivity index is 1.78. The number of furan rings is 1. The van der Waals surface area contributed by atoms with Crippen LogP contribution in [0.1, 0.15) is 16.1 Å². The van der Waals surface area contributed by atoms with Gasteiger partial charge < -0.3 is 19.8 Å². The second kappa shape index (κ2) is 7.25. The second-order valence-electron chi connectivity index (χ2n) is 4.30. The third-order valence-corrected chi connectivity index (χ3v) is 2.75. The number of methoxy groups -OCH3 is 1. The number of benzene rings is 1. The smallest absolute Gasteiger partial charge is 0.337 e. The van der Waals surface area contributed by atoms with E-state index in [2.05, 4.69) is 15.4 Å². The number of ether oxygens (including phenoxy) is 1. The molecule has 6 heteroatoms. The van der Waals surface area contributed by atoms with Gasteiger partial charge in [0.25, 0.3) is 0 Å². The van der Waals surface area contributed by atoms with Crippen molar-refractivity contribution in [2.24, 2.45) is 0 Å². The monoisotopic (exact) mass is 288 g/mol. The van der Waals surface area contributed by atoms with Crippen LogP contribution < -0.4 is 10.6 Å². The molecule has 0 aliphatic carbocycles. The molecule has 1 amide bonds. The number of carbonyl (C=O) groups excluding carboxylic acids is 2. The van der Waals surface area contributed by atoms with Crippen LogP contribution in [0.2, 0.25) is 0 Å². The summed E-state index contributed by atoms with van der Waals surface area (Å²) in [5.74, 6) is 0.186. The third kappa shape index (κ3) is 4.47. The van der Waals surface area contributed by atoms with Gasteiger partial charge in [0, 0.05) is 5.69 Å². The lowest BCUT2D eigenvalue weighted by molar-refractivity contribution is -0.115. The maximum absolute atomic E-state index is 11.7. The van der Waals surface area contributed by atoms with E-state index in [1.54, 1.807) is 36.6 Å². The van der Waals surface area contributed by atoms with Gasteiger partial charge in [0.2, 0.25) is 5.91 Å². The number of carbonyl (C=O) groups is 2. The van der Waals surface area contributed by atoms with Crippen LogP contribution in [0.3, 0.4) is 0 Å². The minimum absolute atomic E-state index is 0.166. The van der Waals surface area contributed by atoms with Gasteiger partial charge in [-0.05, 0) is 36.4 Å². The maximum Gasteiger partial charge on any atom is 0.337 e. The number of esters is 1. The lowest BCUT2D eigenvalue weighted by Crippen LogP contribution is -2.27. The molecular weight excluding hydrogens is 272 g/mol. The summed E-state index contributed by atoms with van der Waals surface area (Å²) < 4.78 is 9.74. The number of anilines is 1. The molecule has 0 bridgehead atoms. The Morgan fingerprint density at radius 2 is 1.95 bits per heavy atom. The van der Waals surface area contributed by atoms with Crippen molar-refractivity contribution in [3.63, 3.8) is 0 Å². The molecule has 0 aliphatic rings. The van der Waals surface area contributed by atoms with E-state index >= 15 is 0 Å². The van der Waals surface area contributed by atoms with Gasteiger partial charge in [0.15, 0.2) is 0 Å². The first kappa shape index (κ1) is 14.8. The second-order valence-corrected chi connectivity index (χ2v) is 4.30. The van der Waals surface area contributed by atoms with Gasteiger partial charge in [0.1, 0.15) is 5.76 Å². The van der Waals surface area contributed by atoms with E-state index in [0.717, 1.165) is 5.76 Å². The molecule has 2 N–H and O–H groups in total. The molecule has 0 saturated heterocycles. The molecule has 0 fully saturated rings. The fourth-order valence-corrected chi connectivity index (χ4v) is 1.73. The highest BCUT2D eigenvalue weighted by atomic mass is 16.5. The van der Waals surface area contributed by atoms with Crippen LogP contribution in [-0.2, 0) is 16.1 Å². The zero-order valence-electron chi connectivity index (χ0n) is 11.6. The van der Waals surface area contributed by atoms with E-state index in [1.807, 2.05) is 6.07 Å². The Morgan fingerprint density at radius 3 is 2.57 bits per heavy atom. The zero-order chi connectivity index (χ0) is 15.1. The standard InChI is InChI=1S/C15H16N2O4/c1-20-15(19)11-4-6-12(7-5-11)17-14(18)10-16-9-13-3-2-8-21-13/h2-8,16H,9-10H2,1H3,(H,17,18). The number of nitrogens with one attached hydrogen (secondary N) is 2. The van der Waals surface area contributed by atoms with E-state index in [1.165, 1.54) is 7.11 Å². The Morgan fingerprint density at radius 1 is 1.19 bits per heavy atom. The normalized spacial score (nSPS) is 10.1. The zero-order valence-corrected chi connectivity index (χ0v) is 11.6. The molecule has 0 spiro atoms. The summed E-state index contributed by atoms with van der Waals surface area (Å²) in [4.78, 5) is 23.0. The van der Waals surface area contributed by atoms with Crippen molar-refractivity contribution in [2.45, 2.75) is 6.54 Å². The van der Waals surface area contributed by atoms with E-state index in [-0.39, 0.29) is 12.5 Å². The van der Waals surface area contributed by atoms with Crippen molar-refractivity contribution in [1.82, 2.24) is 5.32 Å². The van der Waals surface area contributed by atoms with Gasteiger partial charge in [0.05, 0.1) is 32.0 Å². The summed E-state index contributed by atoms with van der Waals surface area (Å²) in [7, 11) is 1.32. The predicted molar refractivity (Wildman–Crippen MR) is 76.8 cm³/mol. The van der Waals surface area contributed by atoms with Crippen molar-refractivity contribution >= 4 is 17.6 Å². The summed E-state index contributed by atoms with van der Waals surface area (Å²) >= 11 is 0. The lowest BCUT2D eigenvalue weighted by Gasteiger charge is -2.06. The van der Waals surface area contributed by atoms with Crippen LogP contribution in [0.4, 0.5) is 5.69 Å². The predicted octanol–water partition coefficient (Wildman–Crippen LogP) is 1.79. The summed E-state index contributed by atoms with van der Waals surface area (Å²) in [6.45, 7) is 0.654. The molecule has 21 heavy (non-hydrogen) atoms. The number of rotatable bonds is 6. The summed E-state index contributed by atoms with van der Waals surface area (Å²) in [5.41, 5.74) is 1.05. The summed E-state index contributed by atoms with van der Waals surface area (Å²) in [5, 5.41) is 5.69. The minimum Gasteiger partial charge on any atom is -0.468 e. The third-order valence-electron chi connectivity index (χ3n) is 2.75. The van der Waals surface area contributed by atoms with E-state index < -0.39 is 5.97 Å². The Hall–Kier alpha value is -2.60. The van der Waals surface area contributed by atoms with Gasteiger partial charge in [-0.1, -0.05) is 0 Å². The molecule has 6 nitrogen and oxygen atoms in total. The van der Waals surface area contributed by atoms with Crippen LogP contribution in [0, 0.1) is 0 Å². The van der Waals surface area contributed by atoms with E-state index in [9.17, 15) is 9.59 Å². The topological polar surface area (TPSA) is 80.6 Å². The van der Waals surface area contributed by atoms with Crippen LogP contribution in [-0.4, -0.2) is 25.5 Å².